The van der Waals surface area contributed by atoms with E-state index in [1.54, 1.807) is 46.4 Å². The Hall–Kier alpha value is -5.87. The maximum absolute atomic E-state index is 14.5. The number of carbonyl (C=O) groups is 7. The number of unbranched alkanes of at least 4 members (excludes halogenated alkanes) is 1. The Kier molecular flexibility index (Phi) is 19.5. The highest BCUT2D eigenvalue weighted by atomic mass is 16.6. The molecule has 2 aromatic rings. The Morgan fingerprint density at radius 2 is 1.12 bits per heavy atom. The number of carbonyl (C=O) groups excluding carboxylic acids is 6. The maximum Gasteiger partial charge on any atom is 0.408 e. The molecule has 2 saturated heterocycles. The first-order valence-electron chi connectivity index (χ1n) is 24.4. The summed E-state index contributed by atoms with van der Waals surface area (Å²) in [6.45, 7) is 21.8. The largest absolute Gasteiger partial charge is 0.465 e. The first kappa shape index (κ1) is 55.7. The Morgan fingerprint density at radius 3 is 1.59 bits per heavy atom. The van der Waals surface area contributed by atoms with Gasteiger partial charge in [-0.15, -0.1) is 0 Å². The van der Waals surface area contributed by atoms with Crippen LogP contribution >= 0.6 is 0 Å². The minimum Gasteiger partial charge on any atom is -0.465 e. The normalized spacial score (nSPS) is 17.6. The number of alkyl carbamates (subject to hydrolysis) is 2. The van der Waals surface area contributed by atoms with Gasteiger partial charge in [0.05, 0.1) is 0 Å². The van der Waals surface area contributed by atoms with Crippen molar-refractivity contribution in [1.29, 1.82) is 0 Å². The van der Waals surface area contributed by atoms with Crippen LogP contribution in [0.25, 0.3) is 0 Å². The van der Waals surface area contributed by atoms with Gasteiger partial charge in [-0.1, -0.05) is 95.3 Å². The highest BCUT2D eigenvalue weighted by molar-refractivity contribution is 5.95. The van der Waals surface area contributed by atoms with Crippen molar-refractivity contribution in [2.24, 2.45) is 16.7 Å². The van der Waals surface area contributed by atoms with Gasteiger partial charge in [0, 0.05) is 50.5 Å². The highest BCUT2D eigenvalue weighted by Gasteiger charge is 2.59. The molecule has 2 aliphatic heterocycles. The first-order chi connectivity index (χ1) is 32.2. The second-order valence-corrected chi connectivity index (χ2v) is 22.2. The van der Waals surface area contributed by atoms with Crippen molar-refractivity contribution in [2.75, 3.05) is 26.2 Å². The molecule has 17 heteroatoms. The molecule has 1 unspecified atom stereocenters. The molecule has 2 heterocycles. The summed E-state index contributed by atoms with van der Waals surface area (Å²) in [5, 5.41) is 24.1. The molecule has 0 aliphatic carbocycles. The van der Waals surface area contributed by atoms with Crippen LogP contribution in [0.2, 0.25) is 0 Å². The third-order valence-electron chi connectivity index (χ3n) is 12.3. The van der Waals surface area contributed by atoms with Crippen LogP contribution in [0.4, 0.5) is 14.4 Å². The summed E-state index contributed by atoms with van der Waals surface area (Å²) in [5.41, 5.74) is -0.589. The van der Waals surface area contributed by atoms with Gasteiger partial charge in [0.15, 0.2) is 0 Å². The first-order valence-corrected chi connectivity index (χ1v) is 24.4. The minimum absolute atomic E-state index is 0.0636. The van der Waals surface area contributed by atoms with Crippen LogP contribution in [0.1, 0.15) is 126 Å². The number of amides is 7. The maximum atomic E-state index is 14.5. The summed E-state index contributed by atoms with van der Waals surface area (Å²) in [6.07, 6.45) is 0.448. The second kappa shape index (κ2) is 24.1. The zero-order valence-corrected chi connectivity index (χ0v) is 42.7. The third-order valence-corrected chi connectivity index (χ3v) is 12.3. The number of benzene rings is 2. The fourth-order valence-corrected chi connectivity index (χ4v) is 9.45. The number of rotatable bonds is 19. The number of ether oxygens (including phenoxy) is 2. The van der Waals surface area contributed by atoms with Crippen LogP contribution in [-0.4, -0.2) is 124 Å². The molecule has 5 atom stereocenters. The Bertz CT molecular complexity index is 2050. The van der Waals surface area contributed by atoms with Crippen molar-refractivity contribution >= 4 is 41.9 Å². The molecule has 0 bridgehead atoms. The molecule has 2 aromatic carbocycles. The van der Waals surface area contributed by atoms with Gasteiger partial charge in [-0.05, 0) is 103 Å². The van der Waals surface area contributed by atoms with E-state index in [1.165, 1.54) is 4.90 Å². The molecular weight excluding hydrogens is 883 g/mol. The number of hydrogen-bond donors (Lipinski definition) is 6. The van der Waals surface area contributed by atoms with Crippen LogP contribution < -0.4 is 26.6 Å². The summed E-state index contributed by atoms with van der Waals surface area (Å²) >= 11 is 0. The number of hydrogen-bond acceptors (Lipinski definition) is 9. The average Bonchev–Trinajstić information content (AvgIpc) is 3.22. The van der Waals surface area contributed by atoms with Gasteiger partial charge in [-0.3, -0.25) is 19.2 Å². The van der Waals surface area contributed by atoms with E-state index in [0.29, 0.717) is 45.3 Å². The predicted molar refractivity (Wildman–Crippen MR) is 263 cm³/mol. The monoisotopic (exact) mass is 962 g/mol. The summed E-state index contributed by atoms with van der Waals surface area (Å²) in [7, 11) is 0. The molecular formula is C52H79N7O10. The van der Waals surface area contributed by atoms with Crippen LogP contribution in [-0.2, 0) is 41.5 Å². The zero-order chi connectivity index (χ0) is 51.3. The fourth-order valence-electron chi connectivity index (χ4n) is 9.45. The number of piperidine rings is 1. The zero-order valence-electron chi connectivity index (χ0n) is 42.7. The molecule has 382 valence electrons. The molecule has 17 nitrogen and oxygen atoms in total. The molecule has 6 N–H and O–H groups in total. The minimum atomic E-state index is -1.18. The molecule has 0 radical (unpaired) electrons. The van der Waals surface area contributed by atoms with Crippen molar-refractivity contribution in [3.05, 3.63) is 71.8 Å². The molecule has 0 saturated carbocycles. The van der Waals surface area contributed by atoms with E-state index in [0.717, 1.165) is 11.1 Å². The second-order valence-electron chi connectivity index (χ2n) is 22.2. The molecule has 7 amide bonds. The lowest BCUT2D eigenvalue weighted by Gasteiger charge is -2.63. The smallest absolute Gasteiger partial charge is 0.408 e. The van der Waals surface area contributed by atoms with Crippen molar-refractivity contribution < 1.29 is 48.1 Å². The van der Waals surface area contributed by atoms with E-state index >= 15 is 0 Å². The topological polar surface area (TPSA) is 225 Å². The fraction of sp³-hybridized carbons (Fsp3) is 0.635. The summed E-state index contributed by atoms with van der Waals surface area (Å²) < 4.78 is 10.8. The van der Waals surface area contributed by atoms with E-state index in [4.69, 9.17) is 9.47 Å². The van der Waals surface area contributed by atoms with Gasteiger partial charge in [-0.2, -0.15) is 0 Å². The Balaban J connectivity index is 1.56. The Labute approximate surface area is 408 Å². The van der Waals surface area contributed by atoms with Crippen molar-refractivity contribution in [1.82, 2.24) is 36.4 Å². The van der Waals surface area contributed by atoms with Crippen molar-refractivity contribution in [3.63, 3.8) is 0 Å². The molecule has 2 fully saturated rings. The lowest BCUT2D eigenvalue weighted by molar-refractivity contribution is -0.152. The quantitative estimate of drug-likeness (QED) is 0.0830. The van der Waals surface area contributed by atoms with Gasteiger partial charge in [0.1, 0.15) is 35.4 Å². The van der Waals surface area contributed by atoms with E-state index in [-0.39, 0.29) is 60.9 Å². The number of nitrogens with zero attached hydrogens (tertiary/aromatic N) is 2. The van der Waals surface area contributed by atoms with E-state index in [2.05, 4.69) is 26.6 Å². The lowest BCUT2D eigenvalue weighted by Crippen LogP contribution is -2.72. The summed E-state index contributed by atoms with van der Waals surface area (Å²) in [6, 6.07) is 13.6. The third kappa shape index (κ3) is 17.6. The van der Waals surface area contributed by atoms with Crippen LogP contribution in [0.15, 0.2) is 60.7 Å². The Morgan fingerprint density at radius 1 is 0.652 bits per heavy atom. The molecule has 69 heavy (non-hydrogen) atoms. The summed E-state index contributed by atoms with van der Waals surface area (Å²) in [5.74, 6) is -2.20. The van der Waals surface area contributed by atoms with E-state index in [1.807, 2.05) is 95.3 Å². The molecule has 2 aliphatic rings. The van der Waals surface area contributed by atoms with E-state index < -0.39 is 71.4 Å². The molecule has 4 rings (SSSR count). The standard InChI is InChI=1S/C52H79N7O10/c1-34(2)30-38(55-42(61)39(31-35-20-14-12-15-21-35)56-43(62)40(32-36-22-16-13-17-23-36)57-47(65)69-51(9,10)11)41(60)54-37(24-18-19-27-53-46(64)68-50(6,7)8)44(63)58-28-25-52(26-29-58)33-59(48(66)67)45(52)49(3,4)5/h12-17,20-23,34,37-40,45H,18-19,24-33H2,1-11H3,(H,53,64)(H,54,60)(H,55,61)(H,56,62)(H,57,65)(H,66,67)/t37-,38-,39-,40-,45?/m1/s1. The average molecular weight is 962 g/mol. The number of carboxylic acid groups (broad SMARTS) is 1. The molecule has 1 spiro atoms. The van der Waals surface area contributed by atoms with Gasteiger partial charge >= 0.3 is 18.3 Å². The van der Waals surface area contributed by atoms with Gasteiger partial charge < -0.3 is 51.0 Å². The van der Waals surface area contributed by atoms with Gasteiger partial charge in [-0.25, -0.2) is 14.4 Å². The summed E-state index contributed by atoms with van der Waals surface area (Å²) in [4.78, 5) is 98.4. The predicted octanol–water partition coefficient (Wildman–Crippen LogP) is 6.58. The van der Waals surface area contributed by atoms with Gasteiger partial charge in [0.2, 0.25) is 23.6 Å². The lowest BCUT2D eigenvalue weighted by atomic mass is 9.58. The van der Waals surface area contributed by atoms with Crippen LogP contribution in [0, 0.1) is 16.7 Å². The van der Waals surface area contributed by atoms with Gasteiger partial charge in [0.25, 0.3) is 0 Å². The SMILES string of the molecule is CC(C)C[C@@H](NC(=O)[C@@H](Cc1ccccc1)NC(=O)[C@@H](Cc1ccccc1)NC(=O)OC(C)(C)C)C(=O)N[C@H](CCCCNC(=O)OC(C)(C)C)C(=O)N1CCC2(CC1)CN(C(=O)O)C2C(C)(C)C. The van der Waals surface area contributed by atoms with Crippen LogP contribution in [0.3, 0.4) is 0 Å². The number of likely N-dealkylation sites (tertiary alicyclic amines) is 2. The van der Waals surface area contributed by atoms with Crippen molar-refractivity contribution in [2.45, 2.75) is 169 Å². The highest BCUT2D eigenvalue weighted by Crippen LogP contribution is 2.52. The van der Waals surface area contributed by atoms with E-state index in [9.17, 15) is 38.7 Å². The molecule has 0 aromatic heterocycles. The number of nitrogens with one attached hydrogen (secondary N) is 5. The van der Waals surface area contributed by atoms with Crippen molar-refractivity contribution in [3.8, 4) is 0 Å². The van der Waals surface area contributed by atoms with Crippen LogP contribution in [0.5, 0.6) is 0 Å².